The van der Waals surface area contributed by atoms with Gasteiger partial charge in [-0.2, -0.15) is 13.1 Å². The summed E-state index contributed by atoms with van der Waals surface area (Å²) in [5.41, 5.74) is 1.85. The number of carbonyl (C=O) groups is 1. The normalized spacial score (nSPS) is 17.1. The number of amides is 1. The summed E-state index contributed by atoms with van der Waals surface area (Å²) < 4.78 is 32.5. The number of rotatable bonds is 5. The minimum atomic E-state index is -3.15. The van der Waals surface area contributed by atoms with E-state index in [1.807, 2.05) is 6.92 Å². The van der Waals surface area contributed by atoms with Crippen LogP contribution in [0.2, 0.25) is 0 Å². The highest BCUT2D eigenvalue weighted by molar-refractivity contribution is 7.99. The van der Waals surface area contributed by atoms with Crippen LogP contribution in [0, 0.1) is 6.92 Å². The molecule has 21 heavy (non-hydrogen) atoms. The van der Waals surface area contributed by atoms with Gasteiger partial charge in [0.25, 0.3) is 0 Å². The maximum absolute atomic E-state index is 12.1. The van der Waals surface area contributed by atoms with Crippen molar-refractivity contribution in [3.8, 4) is 0 Å². The van der Waals surface area contributed by atoms with Gasteiger partial charge in [-0.15, -0.1) is 11.8 Å². The molecular formula is C11H18N4O3S3. The summed E-state index contributed by atoms with van der Waals surface area (Å²) in [5.74, 6) is 1.11. The van der Waals surface area contributed by atoms with Crippen LogP contribution in [0.25, 0.3) is 0 Å². The third-order valence-electron chi connectivity index (χ3n) is 3.27. The number of thioether (sulfide) groups is 1. The molecule has 0 N–H and O–H groups in total. The van der Waals surface area contributed by atoms with Crippen LogP contribution in [-0.2, 0) is 20.6 Å². The van der Waals surface area contributed by atoms with Crippen LogP contribution >= 0.6 is 23.5 Å². The van der Waals surface area contributed by atoms with Gasteiger partial charge in [0.1, 0.15) is 0 Å². The van der Waals surface area contributed by atoms with Gasteiger partial charge >= 0.3 is 0 Å². The van der Waals surface area contributed by atoms with E-state index in [9.17, 15) is 13.2 Å². The molecule has 7 nitrogen and oxygen atoms in total. The second kappa shape index (κ2) is 7.03. The summed E-state index contributed by atoms with van der Waals surface area (Å²) >= 11 is 2.70. The monoisotopic (exact) mass is 350 g/mol. The maximum Gasteiger partial charge on any atom is 0.232 e. The predicted octanol–water partition coefficient (Wildman–Crippen LogP) is 0.184. The third-order valence-corrected chi connectivity index (χ3v) is 6.16. The molecule has 1 fully saturated rings. The van der Waals surface area contributed by atoms with E-state index < -0.39 is 10.0 Å². The molecule has 1 aliphatic rings. The quantitative estimate of drug-likeness (QED) is 0.753. The number of sulfonamides is 1. The van der Waals surface area contributed by atoms with E-state index in [1.165, 1.54) is 34.1 Å². The lowest BCUT2D eigenvalue weighted by atomic mass is 10.3. The standard InChI is InChI=1S/C11H18N4O3S3/c1-9-10(13-20-12-9)7-19-8-11(16)14-3-5-15(6-4-14)21(2,17)18/h3-8H2,1-2H3. The molecule has 0 spiro atoms. The average molecular weight is 350 g/mol. The summed E-state index contributed by atoms with van der Waals surface area (Å²) in [4.78, 5) is 13.8. The average Bonchev–Trinajstić information content (AvgIpc) is 2.83. The van der Waals surface area contributed by atoms with E-state index in [1.54, 1.807) is 4.90 Å². The van der Waals surface area contributed by atoms with Crippen molar-refractivity contribution >= 4 is 39.4 Å². The van der Waals surface area contributed by atoms with Crippen LogP contribution in [0.1, 0.15) is 11.4 Å². The van der Waals surface area contributed by atoms with E-state index in [0.717, 1.165) is 11.4 Å². The molecular weight excluding hydrogens is 332 g/mol. The third kappa shape index (κ3) is 4.63. The first-order valence-electron chi connectivity index (χ1n) is 6.46. The van der Waals surface area contributed by atoms with Crippen molar-refractivity contribution in [2.75, 3.05) is 38.2 Å². The lowest BCUT2D eigenvalue weighted by Crippen LogP contribution is -2.50. The molecule has 1 amide bonds. The first-order valence-corrected chi connectivity index (χ1v) is 10.2. The minimum Gasteiger partial charge on any atom is -0.339 e. The Morgan fingerprint density at radius 2 is 1.95 bits per heavy atom. The fraction of sp³-hybridized carbons (Fsp3) is 0.727. The first kappa shape index (κ1) is 16.7. The summed E-state index contributed by atoms with van der Waals surface area (Å²) in [6.07, 6.45) is 1.20. The molecule has 1 saturated heterocycles. The van der Waals surface area contributed by atoms with Crippen molar-refractivity contribution in [2.24, 2.45) is 0 Å². The van der Waals surface area contributed by atoms with E-state index in [-0.39, 0.29) is 5.91 Å². The summed E-state index contributed by atoms with van der Waals surface area (Å²) in [5, 5.41) is 0. The predicted molar refractivity (Wildman–Crippen MR) is 83.8 cm³/mol. The van der Waals surface area contributed by atoms with Gasteiger partial charge < -0.3 is 4.90 Å². The highest BCUT2D eigenvalue weighted by atomic mass is 32.2. The van der Waals surface area contributed by atoms with Gasteiger partial charge in [-0.05, 0) is 6.92 Å². The molecule has 0 aliphatic carbocycles. The van der Waals surface area contributed by atoms with Crippen molar-refractivity contribution in [3.05, 3.63) is 11.4 Å². The van der Waals surface area contributed by atoms with E-state index in [2.05, 4.69) is 8.75 Å². The van der Waals surface area contributed by atoms with Crippen molar-refractivity contribution in [2.45, 2.75) is 12.7 Å². The zero-order chi connectivity index (χ0) is 15.5. The van der Waals surface area contributed by atoms with Crippen LogP contribution in [0.5, 0.6) is 0 Å². The molecule has 1 aliphatic heterocycles. The van der Waals surface area contributed by atoms with Crippen LogP contribution in [-0.4, -0.2) is 70.5 Å². The fourth-order valence-electron chi connectivity index (χ4n) is 1.98. The first-order chi connectivity index (χ1) is 9.88. The largest absolute Gasteiger partial charge is 0.339 e. The lowest BCUT2D eigenvalue weighted by molar-refractivity contribution is -0.129. The number of hydrogen-bond acceptors (Lipinski definition) is 7. The summed E-state index contributed by atoms with van der Waals surface area (Å²) in [6, 6.07) is 0. The Morgan fingerprint density at radius 3 is 2.48 bits per heavy atom. The maximum atomic E-state index is 12.1. The molecule has 0 saturated carbocycles. The van der Waals surface area contributed by atoms with Crippen LogP contribution in [0.4, 0.5) is 0 Å². The molecule has 2 heterocycles. The van der Waals surface area contributed by atoms with Gasteiger partial charge in [-0.25, -0.2) is 8.42 Å². The lowest BCUT2D eigenvalue weighted by Gasteiger charge is -2.33. The zero-order valence-electron chi connectivity index (χ0n) is 12.0. The topological polar surface area (TPSA) is 83.5 Å². The number of nitrogens with zero attached hydrogens (tertiary/aromatic N) is 4. The summed E-state index contributed by atoms with van der Waals surface area (Å²) in [6.45, 7) is 3.59. The van der Waals surface area contributed by atoms with Crippen molar-refractivity contribution in [1.82, 2.24) is 18.0 Å². The van der Waals surface area contributed by atoms with Crippen LogP contribution in [0.15, 0.2) is 0 Å². The number of hydrogen-bond donors (Lipinski definition) is 0. The smallest absolute Gasteiger partial charge is 0.232 e. The molecule has 118 valence electrons. The van der Waals surface area contributed by atoms with E-state index >= 15 is 0 Å². The molecule has 0 bridgehead atoms. The van der Waals surface area contributed by atoms with Crippen LogP contribution < -0.4 is 0 Å². The number of carbonyl (C=O) groups excluding carboxylic acids is 1. The molecule has 1 aromatic rings. The van der Waals surface area contributed by atoms with Gasteiger partial charge in [0, 0.05) is 31.9 Å². The molecule has 0 unspecified atom stereocenters. The van der Waals surface area contributed by atoms with Crippen molar-refractivity contribution < 1.29 is 13.2 Å². The van der Waals surface area contributed by atoms with Crippen molar-refractivity contribution in [3.63, 3.8) is 0 Å². The second-order valence-corrected chi connectivity index (χ2v) is 8.33. The fourth-order valence-corrected chi connectivity index (χ4v) is 4.37. The van der Waals surface area contributed by atoms with Crippen molar-refractivity contribution in [1.29, 1.82) is 0 Å². The SMILES string of the molecule is Cc1nsnc1CSCC(=O)N1CCN(S(C)(=O)=O)CC1. The van der Waals surface area contributed by atoms with Gasteiger partial charge in [0.15, 0.2) is 0 Å². The number of aryl methyl sites for hydroxylation is 1. The van der Waals surface area contributed by atoms with Crippen LogP contribution in [0.3, 0.4) is 0 Å². The number of piperazine rings is 1. The van der Waals surface area contributed by atoms with Gasteiger partial charge in [-0.1, -0.05) is 0 Å². The Hall–Kier alpha value is -0.710. The molecule has 2 rings (SSSR count). The Kier molecular flexibility index (Phi) is 5.58. The number of aromatic nitrogens is 2. The Labute approximate surface area is 133 Å². The zero-order valence-corrected chi connectivity index (χ0v) is 14.4. The van der Waals surface area contributed by atoms with E-state index in [0.29, 0.717) is 37.7 Å². The molecule has 0 aromatic carbocycles. The second-order valence-electron chi connectivity index (χ2n) is 4.83. The van der Waals surface area contributed by atoms with E-state index in [4.69, 9.17) is 0 Å². The molecule has 10 heteroatoms. The minimum absolute atomic E-state index is 0.0500. The molecule has 1 aromatic heterocycles. The Bertz CT molecular complexity index is 594. The highest BCUT2D eigenvalue weighted by Gasteiger charge is 2.25. The Morgan fingerprint density at radius 1 is 1.29 bits per heavy atom. The highest BCUT2D eigenvalue weighted by Crippen LogP contribution is 2.15. The molecule has 0 atom stereocenters. The van der Waals surface area contributed by atoms with Gasteiger partial charge in [0.2, 0.25) is 15.9 Å². The van der Waals surface area contributed by atoms with Gasteiger partial charge in [-0.3, -0.25) is 4.79 Å². The molecule has 0 radical (unpaired) electrons. The van der Waals surface area contributed by atoms with Gasteiger partial charge in [0.05, 0.1) is 35.1 Å². The summed E-state index contributed by atoms with van der Waals surface area (Å²) in [7, 11) is -3.15. The Balaban J connectivity index is 1.74.